The lowest BCUT2D eigenvalue weighted by atomic mass is 10.1. The normalized spacial score (nSPS) is 12.2. The molecule has 2 aromatic rings. The van der Waals surface area contributed by atoms with Crippen molar-refractivity contribution in [1.82, 2.24) is 5.32 Å². The zero-order valence-corrected chi connectivity index (χ0v) is 12.8. The van der Waals surface area contributed by atoms with Crippen molar-refractivity contribution < 1.29 is 9.53 Å². The van der Waals surface area contributed by atoms with Crippen LogP contribution in [0.4, 0.5) is 0 Å². The maximum atomic E-state index is 11.3. The Morgan fingerprint density at radius 1 is 1.25 bits per heavy atom. The number of thiophene rings is 1. The Kier molecular flexibility index (Phi) is 4.93. The fourth-order valence-corrected chi connectivity index (χ4v) is 2.84. The van der Waals surface area contributed by atoms with Crippen LogP contribution >= 0.6 is 11.3 Å². The van der Waals surface area contributed by atoms with Crippen LogP contribution in [0.3, 0.4) is 0 Å². The van der Waals surface area contributed by atoms with Gasteiger partial charge >= 0.3 is 5.97 Å². The van der Waals surface area contributed by atoms with Crippen molar-refractivity contribution in [3.05, 3.63) is 57.3 Å². The van der Waals surface area contributed by atoms with Gasteiger partial charge < -0.3 is 10.1 Å². The maximum Gasteiger partial charge on any atom is 0.337 e. The van der Waals surface area contributed by atoms with E-state index in [1.54, 1.807) is 12.1 Å². The molecule has 0 spiro atoms. The van der Waals surface area contributed by atoms with E-state index in [0.29, 0.717) is 11.6 Å². The van der Waals surface area contributed by atoms with E-state index >= 15 is 0 Å². The second kappa shape index (κ2) is 6.68. The monoisotopic (exact) mass is 289 g/mol. The Balaban J connectivity index is 1.92. The Bertz CT molecular complexity index is 574. The van der Waals surface area contributed by atoms with Gasteiger partial charge in [-0.15, -0.1) is 11.3 Å². The van der Waals surface area contributed by atoms with Crippen molar-refractivity contribution >= 4 is 17.3 Å². The van der Waals surface area contributed by atoms with E-state index in [4.69, 9.17) is 0 Å². The van der Waals surface area contributed by atoms with Crippen LogP contribution in [0.25, 0.3) is 0 Å². The number of rotatable bonds is 5. The highest BCUT2D eigenvalue weighted by Gasteiger charge is 2.08. The molecule has 0 saturated carbocycles. The summed E-state index contributed by atoms with van der Waals surface area (Å²) in [5.41, 5.74) is 1.73. The SMILES string of the molecule is COC(=O)c1ccc(CNC(C)c2ccc(C)s2)cc1. The van der Waals surface area contributed by atoms with Crippen molar-refractivity contribution in [3.63, 3.8) is 0 Å². The number of hydrogen-bond donors (Lipinski definition) is 1. The zero-order valence-electron chi connectivity index (χ0n) is 12.0. The van der Waals surface area contributed by atoms with E-state index in [0.717, 1.165) is 12.1 Å². The Hall–Kier alpha value is -1.65. The average molecular weight is 289 g/mol. The molecule has 1 aromatic heterocycles. The minimum Gasteiger partial charge on any atom is -0.465 e. The Morgan fingerprint density at radius 2 is 1.95 bits per heavy atom. The van der Waals surface area contributed by atoms with Crippen LogP contribution in [0.15, 0.2) is 36.4 Å². The zero-order chi connectivity index (χ0) is 14.5. The molecule has 0 saturated heterocycles. The third-order valence-electron chi connectivity index (χ3n) is 3.18. The molecule has 0 aliphatic heterocycles. The van der Waals surface area contributed by atoms with Gasteiger partial charge in [-0.2, -0.15) is 0 Å². The van der Waals surface area contributed by atoms with Gasteiger partial charge in [-0.25, -0.2) is 4.79 Å². The van der Waals surface area contributed by atoms with Crippen molar-refractivity contribution in [2.75, 3.05) is 7.11 Å². The number of aryl methyl sites for hydroxylation is 1. The van der Waals surface area contributed by atoms with Crippen molar-refractivity contribution in [2.45, 2.75) is 26.4 Å². The second-order valence-corrected chi connectivity index (χ2v) is 6.06. The number of nitrogens with one attached hydrogen (secondary N) is 1. The molecule has 0 amide bonds. The number of carbonyl (C=O) groups is 1. The minimum absolute atomic E-state index is 0.299. The summed E-state index contributed by atoms with van der Waals surface area (Å²) in [7, 11) is 1.39. The Labute approximate surface area is 123 Å². The van der Waals surface area contributed by atoms with E-state index < -0.39 is 0 Å². The van der Waals surface area contributed by atoms with Crippen molar-refractivity contribution in [3.8, 4) is 0 Å². The van der Waals surface area contributed by atoms with Gasteiger partial charge in [0.1, 0.15) is 0 Å². The van der Waals surface area contributed by atoms with Gasteiger partial charge in [-0.05, 0) is 43.7 Å². The van der Waals surface area contributed by atoms with Gasteiger partial charge in [0.15, 0.2) is 0 Å². The van der Waals surface area contributed by atoms with Crippen LogP contribution in [0.1, 0.15) is 38.6 Å². The third kappa shape index (κ3) is 3.68. The highest BCUT2D eigenvalue weighted by Crippen LogP contribution is 2.22. The first-order valence-electron chi connectivity index (χ1n) is 6.57. The van der Waals surface area contributed by atoms with Crippen molar-refractivity contribution in [2.24, 2.45) is 0 Å². The summed E-state index contributed by atoms with van der Waals surface area (Å²) in [5, 5.41) is 3.49. The van der Waals surface area contributed by atoms with Crippen LogP contribution in [0.5, 0.6) is 0 Å². The van der Waals surface area contributed by atoms with E-state index in [1.165, 1.54) is 16.9 Å². The third-order valence-corrected chi connectivity index (χ3v) is 4.36. The fourth-order valence-electron chi connectivity index (χ4n) is 1.93. The van der Waals surface area contributed by atoms with Crippen LogP contribution in [-0.4, -0.2) is 13.1 Å². The van der Waals surface area contributed by atoms with E-state index in [-0.39, 0.29) is 5.97 Å². The topological polar surface area (TPSA) is 38.3 Å². The molecule has 2 rings (SSSR count). The first-order chi connectivity index (χ1) is 9.60. The molecule has 3 nitrogen and oxygen atoms in total. The van der Waals surface area contributed by atoms with Crippen molar-refractivity contribution in [1.29, 1.82) is 0 Å². The number of carbonyl (C=O) groups excluding carboxylic acids is 1. The molecule has 4 heteroatoms. The quantitative estimate of drug-likeness (QED) is 0.853. The number of esters is 1. The average Bonchev–Trinajstić information content (AvgIpc) is 2.91. The molecule has 0 radical (unpaired) electrons. The summed E-state index contributed by atoms with van der Waals surface area (Å²) in [6, 6.07) is 12.1. The molecule has 0 bridgehead atoms. The predicted molar refractivity (Wildman–Crippen MR) is 82.1 cm³/mol. The molecule has 1 atom stereocenters. The number of hydrogen-bond acceptors (Lipinski definition) is 4. The molecule has 0 fully saturated rings. The standard InChI is InChI=1S/C16H19NO2S/c1-11-4-9-15(20-11)12(2)17-10-13-5-7-14(8-6-13)16(18)19-3/h4-9,12,17H,10H2,1-3H3. The molecule has 106 valence electrons. The summed E-state index contributed by atoms with van der Waals surface area (Å²) >= 11 is 1.82. The molecule has 1 unspecified atom stereocenters. The number of methoxy groups -OCH3 is 1. The number of ether oxygens (including phenoxy) is 1. The molecule has 0 aliphatic rings. The summed E-state index contributed by atoms with van der Waals surface area (Å²) in [6.07, 6.45) is 0. The molecular weight excluding hydrogens is 270 g/mol. The first kappa shape index (κ1) is 14.8. The van der Waals surface area contributed by atoms with Gasteiger partial charge in [0.05, 0.1) is 12.7 Å². The second-order valence-electron chi connectivity index (χ2n) is 4.74. The molecule has 1 heterocycles. The highest BCUT2D eigenvalue weighted by molar-refractivity contribution is 7.12. The first-order valence-corrected chi connectivity index (χ1v) is 7.39. The van der Waals surface area contributed by atoms with Gasteiger partial charge in [-0.3, -0.25) is 0 Å². The predicted octanol–water partition coefficient (Wildman–Crippen LogP) is 3.69. The smallest absolute Gasteiger partial charge is 0.337 e. The number of benzene rings is 1. The highest BCUT2D eigenvalue weighted by atomic mass is 32.1. The largest absolute Gasteiger partial charge is 0.465 e. The molecule has 1 aromatic carbocycles. The van der Waals surface area contributed by atoms with E-state index in [9.17, 15) is 4.79 Å². The van der Waals surface area contributed by atoms with Gasteiger partial charge in [0, 0.05) is 22.3 Å². The lowest BCUT2D eigenvalue weighted by Crippen LogP contribution is -2.17. The lowest BCUT2D eigenvalue weighted by Gasteiger charge is -2.12. The van der Waals surface area contributed by atoms with Crippen LogP contribution in [-0.2, 0) is 11.3 Å². The summed E-state index contributed by atoms with van der Waals surface area (Å²) < 4.78 is 4.68. The van der Waals surface area contributed by atoms with Crippen LogP contribution < -0.4 is 5.32 Å². The van der Waals surface area contributed by atoms with Gasteiger partial charge in [0.2, 0.25) is 0 Å². The molecule has 1 N–H and O–H groups in total. The molecule has 0 aliphatic carbocycles. The maximum absolute atomic E-state index is 11.3. The van der Waals surface area contributed by atoms with Gasteiger partial charge in [0.25, 0.3) is 0 Å². The van der Waals surface area contributed by atoms with Gasteiger partial charge in [-0.1, -0.05) is 12.1 Å². The molecule has 20 heavy (non-hydrogen) atoms. The Morgan fingerprint density at radius 3 is 2.50 bits per heavy atom. The minimum atomic E-state index is -0.299. The molecular formula is C16H19NO2S. The van der Waals surface area contributed by atoms with Crippen LogP contribution in [0.2, 0.25) is 0 Å². The fraction of sp³-hybridized carbons (Fsp3) is 0.312. The van der Waals surface area contributed by atoms with E-state index in [1.807, 2.05) is 23.5 Å². The van der Waals surface area contributed by atoms with E-state index in [2.05, 4.69) is 36.0 Å². The lowest BCUT2D eigenvalue weighted by molar-refractivity contribution is 0.0600. The van der Waals surface area contributed by atoms with Crippen LogP contribution in [0, 0.1) is 6.92 Å². The summed E-state index contributed by atoms with van der Waals surface area (Å²) in [5.74, 6) is -0.299. The summed E-state index contributed by atoms with van der Waals surface area (Å²) in [6.45, 7) is 5.06. The summed E-state index contributed by atoms with van der Waals surface area (Å²) in [4.78, 5) is 14.0.